The van der Waals surface area contributed by atoms with Crippen molar-refractivity contribution >= 4 is 17.0 Å². The zero-order valence-electron chi connectivity index (χ0n) is 15.5. The minimum Gasteiger partial charge on any atom is -0.465 e. The van der Waals surface area contributed by atoms with E-state index < -0.39 is 23.5 Å². The van der Waals surface area contributed by atoms with Gasteiger partial charge in [0, 0.05) is 11.5 Å². The van der Waals surface area contributed by atoms with Crippen molar-refractivity contribution in [3.63, 3.8) is 0 Å². The van der Waals surface area contributed by atoms with Gasteiger partial charge in [-0.1, -0.05) is 0 Å². The van der Waals surface area contributed by atoms with Gasteiger partial charge < -0.3 is 4.74 Å². The van der Waals surface area contributed by atoms with Crippen molar-refractivity contribution in [3.8, 4) is 11.3 Å². The number of pyridine rings is 1. The summed E-state index contributed by atoms with van der Waals surface area (Å²) in [4.78, 5) is 16.3. The number of aromatic nitrogens is 3. The summed E-state index contributed by atoms with van der Waals surface area (Å²) in [5.41, 5.74) is -0.240. The minimum absolute atomic E-state index is 0.0252. The second-order valence-electron chi connectivity index (χ2n) is 6.88. The van der Waals surface area contributed by atoms with Gasteiger partial charge in [0.1, 0.15) is 12.4 Å². The number of nitrogens with zero attached hydrogens (tertiary/aromatic N) is 3. The monoisotopic (exact) mass is 407 g/mol. The molecule has 0 aliphatic heterocycles. The number of alkyl halides is 3. The molecule has 0 bridgehead atoms. The van der Waals surface area contributed by atoms with Crippen LogP contribution in [0.2, 0.25) is 0 Å². The van der Waals surface area contributed by atoms with E-state index in [4.69, 9.17) is 4.74 Å². The van der Waals surface area contributed by atoms with Crippen molar-refractivity contribution in [2.45, 2.75) is 38.4 Å². The smallest absolute Gasteiger partial charge is 0.417 e. The van der Waals surface area contributed by atoms with E-state index >= 15 is 0 Å². The number of hydrogen-bond acceptors (Lipinski definition) is 4. The molecule has 1 saturated carbocycles. The highest BCUT2D eigenvalue weighted by Gasteiger charge is 2.39. The average molecular weight is 407 g/mol. The van der Waals surface area contributed by atoms with Gasteiger partial charge in [-0.3, -0.25) is 4.79 Å². The summed E-state index contributed by atoms with van der Waals surface area (Å²) in [5, 5.41) is 4.20. The summed E-state index contributed by atoms with van der Waals surface area (Å²) in [6.45, 7) is 1.45. The van der Waals surface area contributed by atoms with Crippen molar-refractivity contribution in [2.24, 2.45) is 0 Å². The Kier molecular flexibility index (Phi) is 4.76. The first kappa shape index (κ1) is 19.4. The summed E-state index contributed by atoms with van der Waals surface area (Å²) in [5.74, 6) is -1.20. The fourth-order valence-corrected chi connectivity index (χ4v) is 3.27. The van der Waals surface area contributed by atoms with Crippen LogP contribution in [0.5, 0.6) is 0 Å². The topological polar surface area (TPSA) is 57.0 Å². The van der Waals surface area contributed by atoms with Gasteiger partial charge in [0.15, 0.2) is 5.65 Å². The molecule has 152 valence electrons. The van der Waals surface area contributed by atoms with E-state index in [-0.39, 0.29) is 35.8 Å². The first-order valence-electron chi connectivity index (χ1n) is 9.18. The molecule has 1 fully saturated rings. The second kappa shape index (κ2) is 7.13. The van der Waals surface area contributed by atoms with Gasteiger partial charge in [0.2, 0.25) is 0 Å². The zero-order valence-corrected chi connectivity index (χ0v) is 15.5. The summed E-state index contributed by atoms with van der Waals surface area (Å²) < 4.78 is 61.1. The van der Waals surface area contributed by atoms with Crippen LogP contribution in [0.1, 0.15) is 36.9 Å². The Morgan fingerprint density at radius 1 is 1.24 bits per heavy atom. The molecule has 0 amide bonds. The van der Waals surface area contributed by atoms with Gasteiger partial charge in [0.25, 0.3) is 0 Å². The predicted octanol–water partition coefficient (Wildman–Crippen LogP) is 4.70. The molecule has 0 spiro atoms. The van der Waals surface area contributed by atoms with Gasteiger partial charge in [0.05, 0.1) is 28.9 Å². The summed E-state index contributed by atoms with van der Waals surface area (Å²) in [6, 6.07) is 5.98. The van der Waals surface area contributed by atoms with Crippen LogP contribution in [0.3, 0.4) is 0 Å². The summed E-state index contributed by atoms with van der Waals surface area (Å²) in [6.07, 6.45) is -3.16. The molecular formula is C20H17F4N3O2. The van der Waals surface area contributed by atoms with E-state index in [1.807, 2.05) is 0 Å². The van der Waals surface area contributed by atoms with Gasteiger partial charge in [-0.05, 0) is 50.1 Å². The number of carbonyl (C=O) groups excluding carboxylic acids is 1. The third-order valence-corrected chi connectivity index (χ3v) is 4.72. The maximum absolute atomic E-state index is 13.9. The molecule has 0 radical (unpaired) electrons. The summed E-state index contributed by atoms with van der Waals surface area (Å²) in [7, 11) is 0. The molecule has 1 aliphatic carbocycles. The highest BCUT2D eigenvalue weighted by Crippen LogP contribution is 2.46. The standard InChI is InChI=1S/C20H17F4N3O2/c1-2-29-16(28)10-27-19-17(18(26-27)12-3-4-12)14(20(22,23)24)9-15(25-19)11-5-7-13(21)8-6-11/h5-9,12H,2-4,10H2,1H3. The Hall–Kier alpha value is -2.97. The Morgan fingerprint density at radius 3 is 2.52 bits per heavy atom. The van der Waals surface area contributed by atoms with Crippen molar-refractivity contribution in [3.05, 3.63) is 47.4 Å². The van der Waals surface area contributed by atoms with E-state index in [2.05, 4.69) is 10.1 Å². The molecule has 0 saturated heterocycles. The van der Waals surface area contributed by atoms with E-state index in [0.717, 1.165) is 31.0 Å². The van der Waals surface area contributed by atoms with Crippen LogP contribution in [-0.2, 0) is 22.3 Å². The molecule has 2 aromatic heterocycles. The van der Waals surface area contributed by atoms with Crippen molar-refractivity contribution < 1.29 is 27.1 Å². The van der Waals surface area contributed by atoms with Gasteiger partial charge in [-0.15, -0.1) is 0 Å². The van der Waals surface area contributed by atoms with Crippen LogP contribution in [-0.4, -0.2) is 27.3 Å². The van der Waals surface area contributed by atoms with Crippen LogP contribution in [0.15, 0.2) is 30.3 Å². The lowest BCUT2D eigenvalue weighted by molar-refractivity contribution is -0.144. The third-order valence-electron chi connectivity index (χ3n) is 4.72. The molecular weight excluding hydrogens is 390 g/mol. The van der Waals surface area contributed by atoms with Crippen molar-refractivity contribution in [1.82, 2.24) is 14.8 Å². The molecule has 29 heavy (non-hydrogen) atoms. The lowest BCUT2D eigenvalue weighted by atomic mass is 10.0. The number of benzene rings is 1. The molecule has 0 unspecified atom stereocenters. The largest absolute Gasteiger partial charge is 0.465 e. The zero-order chi connectivity index (χ0) is 20.8. The Bertz CT molecular complexity index is 1070. The number of esters is 1. The van der Waals surface area contributed by atoms with Crippen LogP contribution < -0.4 is 0 Å². The van der Waals surface area contributed by atoms with Crippen molar-refractivity contribution in [1.29, 1.82) is 0 Å². The van der Waals surface area contributed by atoms with Crippen molar-refractivity contribution in [2.75, 3.05) is 6.61 Å². The first-order chi connectivity index (χ1) is 13.8. The van der Waals surface area contributed by atoms with Gasteiger partial charge >= 0.3 is 12.1 Å². The van der Waals surface area contributed by atoms with Gasteiger partial charge in [-0.25, -0.2) is 14.1 Å². The molecule has 2 heterocycles. The van der Waals surface area contributed by atoms with Crippen LogP contribution >= 0.6 is 0 Å². The van der Waals surface area contributed by atoms with E-state index in [9.17, 15) is 22.4 Å². The number of rotatable bonds is 5. The Labute approximate surface area is 163 Å². The third kappa shape index (κ3) is 3.81. The molecule has 0 N–H and O–H groups in total. The molecule has 9 heteroatoms. The lowest BCUT2D eigenvalue weighted by Crippen LogP contribution is -2.15. The second-order valence-corrected chi connectivity index (χ2v) is 6.88. The SMILES string of the molecule is CCOC(=O)Cn1nc(C2CC2)c2c(C(F)(F)F)cc(-c3ccc(F)cc3)nc21. The number of halogens is 4. The summed E-state index contributed by atoms with van der Waals surface area (Å²) >= 11 is 0. The lowest BCUT2D eigenvalue weighted by Gasteiger charge is -2.12. The van der Waals surface area contributed by atoms with E-state index in [0.29, 0.717) is 11.3 Å². The fourth-order valence-electron chi connectivity index (χ4n) is 3.27. The van der Waals surface area contributed by atoms with Crippen LogP contribution in [0, 0.1) is 5.82 Å². The number of carbonyl (C=O) groups is 1. The molecule has 1 aromatic carbocycles. The fraction of sp³-hybridized carbons (Fsp3) is 0.350. The Morgan fingerprint density at radius 2 is 1.93 bits per heavy atom. The highest BCUT2D eigenvalue weighted by atomic mass is 19.4. The van der Waals surface area contributed by atoms with E-state index in [1.54, 1.807) is 6.92 Å². The maximum Gasteiger partial charge on any atom is 0.417 e. The van der Waals surface area contributed by atoms with Gasteiger partial charge in [-0.2, -0.15) is 18.3 Å². The van der Waals surface area contributed by atoms with E-state index in [1.165, 1.54) is 16.8 Å². The first-order valence-corrected chi connectivity index (χ1v) is 9.18. The Balaban J connectivity index is 1.95. The predicted molar refractivity (Wildman–Crippen MR) is 96.5 cm³/mol. The molecule has 3 aromatic rings. The molecule has 1 aliphatic rings. The quantitative estimate of drug-likeness (QED) is 0.455. The number of hydrogen-bond donors (Lipinski definition) is 0. The normalized spacial score (nSPS) is 14.4. The minimum atomic E-state index is -4.64. The highest BCUT2D eigenvalue weighted by molar-refractivity contribution is 5.87. The molecule has 0 atom stereocenters. The molecule has 4 rings (SSSR count). The number of ether oxygens (including phenoxy) is 1. The molecule has 5 nitrogen and oxygen atoms in total. The van der Waals surface area contributed by atoms with Crippen LogP contribution in [0.4, 0.5) is 17.6 Å². The maximum atomic E-state index is 13.9. The van der Waals surface area contributed by atoms with Crippen LogP contribution in [0.25, 0.3) is 22.3 Å². The average Bonchev–Trinajstić information content (AvgIpc) is 3.44. The number of fused-ring (bicyclic) bond motifs is 1.